The zero-order valence-corrected chi connectivity index (χ0v) is 11.9. The molecule has 0 heterocycles. The molecule has 0 aromatic heterocycles. The molecule has 0 saturated carbocycles. The van der Waals surface area contributed by atoms with Gasteiger partial charge in [-0.05, 0) is 24.5 Å². The first kappa shape index (κ1) is 15.0. The van der Waals surface area contributed by atoms with Crippen LogP contribution >= 0.6 is 11.8 Å². The van der Waals surface area contributed by atoms with E-state index in [1.54, 1.807) is 18.2 Å². The van der Waals surface area contributed by atoms with E-state index in [0.717, 1.165) is 0 Å². The maximum atomic E-state index is 13.3. The number of carbonyl (C=O) groups is 1. The highest BCUT2D eigenvalue weighted by atomic mass is 32.2. The van der Waals surface area contributed by atoms with Crippen molar-refractivity contribution in [3.63, 3.8) is 0 Å². The summed E-state index contributed by atoms with van der Waals surface area (Å²) in [6.45, 7) is 6.12. The highest BCUT2D eigenvalue weighted by Gasteiger charge is 2.10. The topological polar surface area (TPSA) is 29.1 Å². The molecule has 0 saturated heterocycles. The molecule has 1 N–H and O–H groups in total. The minimum Gasteiger partial charge on any atom is -0.353 e. The fourth-order valence-electron chi connectivity index (χ4n) is 1.33. The van der Waals surface area contributed by atoms with Crippen LogP contribution in [0.1, 0.15) is 26.3 Å². The molecule has 0 radical (unpaired) electrons. The van der Waals surface area contributed by atoms with Crippen LogP contribution in [-0.2, 0) is 10.5 Å². The molecule has 0 fully saturated rings. The number of carbonyl (C=O) groups excluding carboxylic acids is 1. The zero-order chi connectivity index (χ0) is 13.5. The Balaban J connectivity index is 2.30. The van der Waals surface area contributed by atoms with Gasteiger partial charge in [-0.15, -0.1) is 11.8 Å². The average molecular weight is 269 g/mol. The maximum absolute atomic E-state index is 13.3. The van der Waals surface area contributed by atoms with Crippen LogP contribution in [0, 0.1) is 11.7 Å². The molecule has 0 aliphatic carbocycles. The highest BCUT2D eigenvalue weighted by molar-refractivity contribution is 7.99. The molecule has 1 amide bonds. The van der Waals surface area contributed by atoms with Gasteiger partial charge in [-0.25, -0.2) is 4.39 Å². The van der Waals surface area contributed by atoms with Crippen LogP contribution in [-0.4, -0.2) is 17.7 Å². The summed E-state index contributed by atoms with van der Waals surface area (Å²) in [6.07, 6.45) is 0. The second kappa shape index (κ2) is 7.41. The van der Waals surface area contributed by atoms with Gasteiger partial charge in [-0.2, -0.15) is 0 Å². The Hall–Kier alpha value is -1.03. The Kier molecular flexibility index (Phi) is 6.19. The third-order valence-electron chi connectivity index (χ3n) is 2.84. The molecule has 1 aromatic carbocycles. The van der Waals surface area contributed by atoms with Crippen LogP contribution in [0.5, 0.6) is 0 Å². The Labute approximate surface area is 112 Å². The molecule has 1 rings (SSSR count). The van der Waals surface area contributed by atoms with E-state index in [9.17, 15) is 9.18 Å². The first-order valence-electron chi connectivity index (χ1n) is 6.11. The van der Waals surface area contributed by atoms with E-state index in [0.29, 0.717) is 23.0 Å². The third kappa shape index (κ3) is 5.08. The smallest absolute Gasteiger partial charge is 0.230 e. The predicted molar refractivity (Wildman–Crippen MR) is 75.0 cm³/mol. The van der Waals surface area contributed by atoms with E-state index < -0.39 is 0 Å². The van der Waals surface area contributed by atoms with Gasteiger partial charge < -0.3 is 5.32 Å². The second-order valence-corrected chi connectivity index (χ2v) is 5.67. The summed E-state index contributed by atoms with van der Waals surface area (Å²) in [6, 6.07) is 6.83. The van der Waals surface area contributed by atoms with Crippen molar-refractivity contribution in [3.05, 3.63) is 35.6 Å². The number of rotatable bonds is 6. The minimum atomic E-state index is -0.207. The van der Waals surface area contributed by atoms with Crippen molar-refractivity contribution in [2.24, 2.45) is 5.92 Å². The number of halogens is 1. The Morgan fingerprint density at radius 1 is 1.33 bits per heavy atom. The third-order valence-corrected chi connectivity index (χ3v) is 3.82. The lowest BCUT2D eigenvalue weighted by Crippen LogP contribution is -2.37. The standard InChI is InChI=1S/C14H20FNOS/c1-10(2)11(3)16-14(17)9-18-8-12-6-4-5-7-13(12)15/h4-7,10-11H,8-9H2,1-3H3,(H,16,17). The quantitative estimate of drug-likeness (QED) is 0.859. The van der Waals surface area contributed by atoms with Crippen LogP contribution in [0.2, 0.25) is 0 Å². The van der Waals surface area contributed by atoms with E-state index in [1.807, 2.05) is 6.92 Å². The largest absolute Gasteiger partial charge is 0.353 e. The molecular weight excluding hydrogens is 249 g/mol. The van der Waals surface area contributed by atoms with Crippen molar-refractivity contribution in [1.29, 1.82) is 0 Å². The predicted octanol–water partition coefficient (Wildman–Crippen LogP) is 3.22. The number of amides is 1. The molecule has 18 heavy (non-hydrogen) atoms. The van der Waals surface area contributed by atoms with Gasteiger partial charge in [0.15, 0.2) is 0 Å². The monoisotopic (exact) mass is 269 g/mol. The molecule has 0 aliphatic rings. The normalized spacial score (nSPS) is 12.5. The molecule has 0 bridgehead atoms. The van der Waals surface area contributed by atoms with Gasteiger partial charge in [0.1, 0.15) is 5.82 Å². The van der Waals surface area contributed by atoms with Crippen molar-refractivity contribution in [3.8, 4) is 0 Å². The first-order valence-corrected chi connectivity index (χ1v) is 7.26. The first-order chi connectivity index (χ1) is 8.50. The SMILES string of the molecule is CC(C)C(C)NC(=O)CSCc1ccccc1F. The number of benzene rings is 1. The number of hydrogen-bond donors (Lipinski definition) is 1. The minimum absolute atomic E-state index is 0.0116. The van der Waals surface area contributed by atoms with Gasteiger partial charge in [-0.3, -0.25) is 4.79 Å². The zero-order valence-electron chi connectivity index (χ0n) is 11.1. The average Bonchev–Trinajstić information content (AvgIpc) is 2.31. The van der Waals surface area contributed by atoms with Gasteiger partial charge >= 0.3 is 0 Å². The van der Waals surface area contributed by atoms with Crippen LogP contribution in [0.25, 0.3) is 0 Å². The molecule has 4 heteroatoms. The molecule has 0 aliphatic heterocycles. The molecule has 100 valence electrons. The van der Waals surface area contributed by atoms with Crippen LogP contribution in [0.4, 0.5) is 4.39 Å². The van der Waals surface area contributed by atoms with Crippen molar-refractivity contribution in [2.75, 3.05) is 5.75 Å². The summed E-state index contributed by atoms with van der Waals surface area (Å²) in [4.78, 5) is 11.6. The lowest BCUT2D eigenvalue weighted by molar-refractivity contribution is -0.119. The van der Waals surface area contributed by atoms with Crippen LogP contribution < -0.4 is 5.32 Å². The second-order valence-electron chi connectivity index (χ2n) is 4.68. The molecule has 1 aromatic rings. The van der Waals surface area contributed by atoms with Crippen molar-refractivity contribution in [2.45, 2.75) is 32.6 Å². The molecule has 2 nitrogen and oxygen atoms in total. The summed E-state index contributed by atoms with van der Waals surface area (Å²) >= 11 is 1.43. The van der Waals surface area contributed by atoms with Gasteiger partial charge in [0.25, 0.3) is 0 Å². The van der Waals surface area contributed by atoms with Crippen molar-refractivity contribution in [1.82, 2.24) is 5.32 Å². The summed E-state index contributed by atoms with van der Waals surface area (Å²) in [5.41, 5.74) is 0.646. The molecule has 1 unspecified atom stereocenters. The molecule has 0 spiro atoms. The fourth-order valence-corrected chi connectivity index (χ4v) is 2.16. The molecule has 1 atom stereocenters. The fraction of sp³-hybridized carbons (Fsp3) is 0.500. The maximum Gasteiger partial charge on any atom is 0.230 e. The van der Waals surface area contributed by atoms with E-state index >= 15 is 0 Å². The van der Waals surface area contributed by atoms with Crippen LogP contribution in [0.3, 0.4) is 0 Å². The summed E-state index contributed by atoms with van der Waals surface area (Å²) < 4.78 is 13.3. The van der Waals surface area contributed by atoms with E-state index in [2.05, 4.69) is 19.2 Å². The van der Waals surface area contributed by atoms with Crippen molar-refractivity contribution < 1.29 is 9.18 Å². The van der Waals surface area contributed by atoms with Gasteiger partial charge in [-0.1, -0.05) is 32.0 Å². The summed E-state index contributed by atoms with van der Waals surface area (Å²) in [7, 11) is 0. The van der Waals surface area contributed by atoms with Crippen molar-refractivity contribution >= 4 is 17.7 Å². The Morgan fingerprint density at radius 2 is 2.00 bits per heavy atom. The summed E-state index contributed by atoms with van der Waals surface area (Å²) in [5.74, 6) is 1.12. The number of hydrogen-bond acceptors (Lipinski definition) is 2. The highest BCUT2D eigenvalue weighted by Crippen LogP contribution is 2.15. The lowest BCUT2D eigenvalue weighted by atomic mass is 10.1. The Bertz CT molecular complexity index is 395. The van der Waals surface area contributed by atoms with Gasteiger partial charge in [0.05, 0.1) is 5.75 Å². The number of nitrogens with one attached hydrogen (secondary N) is 1. The Morgan fingerprint density at radius 3 is 2.61 bits per heavy atom. The molecular formula is C14H20FNOS. The van der Waals surface area contributed by atoms with E-state index in [1.165, 1.54) is 17.8 Å². The number of thioether (sulfide) groups is 1. The van der Waals surface area contributed by atoms with Crippen LogP contribution in [0.15, 0.2) is 24.3 Å². The van der Waals surface area contributed by atoms with E-state index in [-0.39, 0.29) is 17.8 Å². The van der Waals surface area contributed by atoms with Gasteiger partial charge in [0, 0.05) is 11.8 Å². The lowest BCUT2D eigenvalue weighted by Gasteiger charge is -2.17. The van der Waals surface area contributed by atoms with E-state index in [4.69, 9.17) is 0 Å². The summed E-state index contributed by atoms with van der Waals surface area (Å²) in [5, 5.41) is 2.93. The van der Waals surface area contributed by atoms with Gasteiger partial charge in [0.2, 0.25) is 5.91 Å².